The van der Waals surface area contributed by atoms with Crippen molar-refractivity contribution in [1.29, 1.82) is 0 Å². The lowest BCUT2D eigenvalue weighted by atomic mass is 10.1. The van der Waals surface area contributed by atoms with Gasteiger partial charge in [0.2, 0.25) is 0 Å². The van der Waals surface area contributed by atoms with E-state index in [1.54, 1.807) is 7.11 Å². The van der Waals surface area contributed by atoms with Crippen molar-refractivity contribution in [1.82, 2.24) is 4.98 Å². The second-order valence-electron chi connectivity index (χ2n) is 5.65. The molecule has 0 amide bonds. The van der Waals surface area contributed by atoms with Crippen LogP contribution in [-0.4, -0.2) is 36.9 Å². The van der Waals surface area contributed by atoms with Gasteiger partial charge >= 0.3 is 0 Å². The van der Waals surface area contributed by atoms with Crippen molar-refractivity contribution in [2.75, 3.05) is 31.7 Å². The fraction of sp³-hybridized carbons (Fsp3) is 0.471. The van der Waals surface area contributed by atoms with Crippen LogP contribution in [0.4, 0.5) is 5.82 Å². The maximum Gasteiger partial charge on any atom is 0.134 e. The summed E-state index contributed by atoms with van der Waals surface area (Å²) in [5.74, 6) is 1.38. The normalized spacial score (nSPS) is 11.3. The molecule has 114 valence electrons. The number of nitrogens with zero attached hydrogens (tertiary/aromatic N) is 2. The molecule has 0 unspecified atom stereocenters. The van der Waals surface area contributed by atoms with Crippen molar-refractivity contribution in [3.05, 3.63) is 35.9 Å². The van der Waals surface area contributed by atoms with E-state index in [1.807, 2.05) is 30.3 Å². The molecule has 2 rings (SSSR count). The van der Waals surface area contributed by atoms with Crippen LogP contribution in [0.2, 0.25) is 0 Å². The minimum absolute atomic E-state index is 0.00521. The van der Waals surface area contributed by atoms with Crippen LogP contribution >= 0.6 is 0 Å². The molecule has 4 heteroatoms. The second kappa shape index (κ2) is 7.38. The van der Waals surface area contributed by atoms with Crippen LogP contribution in [0, 0.1) is 5.92 Å². The quantitative estimate of drug-likeness (QED) is 0.851. The first kappa shape index (κ1) is 15.7. The number of aliphatic hydroxyl groups is 1. The molecule has 0 atom stereocenters. The van der Waals surface area contributed by atoms with Crippen molar-refractivity contribution in [3.8, 4) is 0 Å². The van der Waals surface area contributed by atoms with Crippen LogP contribution in [0.3, 0.4) is 0 Å². The fourth-order valence-electron chi connectivity index (χ4n) is 2.47. The maximum atomic E-state index is 9.69. The Morgan fingerprint density at radius 1 is 1.29 bits per heavy atom. The van der Waals surface area contributed by atoms with Gasteiger partial charge in [-0.3, -0.25) is 0 Å². The standard InChI is InChI=1S/C17H24N2O2/c1-13(2)11-19(8-9-21-3)17-15(12-20)10-14-6-4-5-7-16(14)18-17/h4-7,10,13,20H,8-9,11-12H2,1-3H3. The molecule has 1 aromatic carbocycles. The molecule has 1 aromatic heterocycles. The van der Waals surface area contributed by atoms with E-state index in [-0.39, 0.29) is 6.61 Å². The molecule has 4 nitrogen and oxygen atoms in total. The largest absolute Gasteiger partial charge is 0.392 e. The topological polar surface area (TPSA) is 45.6 Å². The zero-order valence-corrected chi connectivity index (χ0v) is 13.0. The molecule has 2 aromatic rings. The number of fused-ring (bicyclic) bond motifs is 1. The van der Waals surface area contributed by atoms with Gasteiger partial charge in [0.05, 0.1) is 18.7 Å². The SMILES string of the molecule is COCCN(CC(C)C)c1nc2ccccc2cc1CO. The lowest BCUT2D eigenvalue weighted by molar-refractivity contribution is 0.204. The van der Waals surface area contributed by atoms with Crippen molar-refractivity contribution in [2.45, 2.75) is 20.5 Å². The third-order valence-electron chi connectivity index (χ3n) is 3.40. The van der Waals surface area contributed by atoms with Gasteiger partial charge in [0.15, 0.2) is 0 Å². The summed E-state index contributed by atoms with van der Waals surface area (Å²) in [5.41, 5.74) is 1.82. The highest BCUT2D eigenvalue weighted by Crippen LogP contribution is 2.24. The molecular weight excluding hydrogens is 264 g/mol. The molecule has 0 aliphatic carbocycles. The number of pyridine rings is 1. The lowest BCUT2D eigenvalue weighted by Crippen LogP contribution is -2.32. The minimum Gasteiger partial charge on any atom is -0.392 e. The number of methoxy groups -OCH3 is 1. The predicted molar refractivity (Wildman–Crippen MR) is 86.6 cm³/mol. The minimum atomic E-state index is -0.00521. The van der Waals surface area contributed by atoms with E-state index in [9.17, 15) is 5.11 Å². The summed E-state index contributed by atoms with van der Waals surface area (Å²) < 4.78 is 5.20. The molecule has 0 radical (unpaired) electrons. The first-order chi connectivity index (χ1) is 10.2. The van der Waals surface area contributed by atoms with Gasteiger partial charge in [-0.1, -0.05) is 32.0 Å². The Morgan fingerprint density at radius 2 is 2.05 bits per heavy atom. The average molecular weight is 288 g/mol. The molecule has 0 saturated carbocycles. The van der Waals surface area contributed by atoms with Crippen molar-refractivity contribution in [2.24, 2.45) is 5.92 Å². The van der Waals surface area contributed by atoms with Crippen LogP contribution < -0.4 is 4.90 Å². The number of hydrogen-bond donors (Lipinski definition) is 1. The van der Waals surface area contributed by atoms with Gasteiger partial charge in [-0.25, -0.2) is 4.98 Å². The monoisotopic (exact) mass is 288 g/mol. The molecule has 0 spiro atoms. The summed E-state index contributed by atoms with van der Waals surface area (Å²) in [4.78, 5) is 6.96. The highest BCUT2D eigenvalue weighted by Gasteiger charge is 2.15. The van der Waals surface area contributed by atoms with Crippen molar-refractivity contribution in [3.63, 3.8) is 0 Å². The number of rotatable bonds is 7. The molecule has 1 heterocycles. The van der Waals surface area contributed by atoms with E-state index in [2.05, 4.69) is 18.7 Å². The van der Waals surface area contributed by atoms with E-state index in [0.717, 1.165) is 35.4 Å². The number of anilines is 1. The van der Waals surface area contributed by atoms with Gasteiger partial charge in [0.25, 0.3) is 0 Å². The number of aromatic nitrogens is 1. The van der Waals surface area contributed by atoms with Gasteiger partial charge in [-0.2, -0.15) is 0 Å². The lowest BCUT2D eigenvalue weighted by Gasteiger charge is -2.27. The Bertz CT molecular complexity index is 584. The molecular formula is C17H24N2O2. The Kier molecular flexibility index (Phi) is 5.53. The van der Waals surface area contributed by atoms with E-state index < -0.39 is 0 Å². The van der Waals surface area contributed by atoms with Crippen LogP contribution in [-0.2, 0) is 11.3 Å². The van der Waals surface area contributed by atoms with Crippen LogP contribution in [0.15, 0.2) is 30.3 Å². The van der Waals surface area contributed by atoms with Crippen LogP contribution in [0.1, 0.15) is 19.4 Å². The molecule has 0 aliphatic rings. The number of para-hydroxylation sites is 1. The highest BCUT2D eigenvalue weighted by atomic mass is 16.5. The zero-order chi connectivity index (χ0) is 15.2. The molecule has 1 N–H and O–H groups in total. The summed E-state index contributed by atoms with van der Waals surface area (Å²) in [7, 11) is 1.70. The van der Waals surface area contributed by atoms with Crippen LogP contribution in [0.5, 0.6) is 0 Å². The maximum absolute atomic E-state index is 9.69. The second-order valence-corrected chi connectivity index (χ2v) is 5.65. The Balaban J connectivity index is 2.43. The fourth-order valence-corrected chi connectivity index (χ4v) is 2.47. The highest BCUT2D eigenvalue weighted by molar-refractivity contribution is 5.81. The molecule has 0 saturated heterocycles. The summed E-state index contributed by atoms with van der Waals surface area (Å²) >= 11 is 0. The third-order valence-corrected chi connectivity index (χ3v) is 3.40. The molecule has 21 heavy (non-hydrogen) atoms. The molecule has 0 aliphatic heterocycles. The Morgan fingerprint density at radius 3 is 2.71 bits per heavy atom. The number of benzene rings is 1. The van der Waals surface area contributed by atoms with E-state index >= 15 is 0 Å². The van der Waals surface area contributed by atoms with E-state index in [1.165, 1.54) is 0 Å². The third kappa shape index (κ3) is 3.93. The van der Waals surface area contributed by atoms with Gasteiger partial charge in [-0.05, 0) is 18.1 Å². The summed E-state index contributed by atoms with van der Waals surface area (Å²) in [5, 5.41) is 10.7. The Hall–Kier alpha value is -1.65. The summed E-state index contributed by atoms with van der Waals surface area (Å²) in [6.45, 7) is 6.66. The van der Waals surface area contributed by atoms with Gasteiger partial charge < -0.3 is 14.7 Å². The average Bonchev–Trinajstić information content (AvgIpc) is 2.49. The first-order valence-corrected chi connectivity index (χ1v) is 7.39. The summed E-state index contributed by atoms with van der Waals surface area (Å²) in [6, 6.07) is 10.0. The van der Waals surface area contributed by atoms with E-state index in [0.29, 0.717) is 12.5 Å². The number of ether oxygens (including phenoxy) is 1. The molecule has 0 fully saturated rings. The zero-order valence-electron chi connectivity index (χ0n) is 13.0. The van der Waals surface area contributed by atoms with Crippen LogP contribution in [0.25, 0.3) is 10.9 Å². The smallest absolute Gasteiger partial charge is 0.134 e. The first-order valence-electron chi connectivity index (χ1n) is 7.39. The van der Waals surface area contributed by atoms with Crippen molar-refractivity contribution >= 4 is 16.7 Å². The van der Waals surface area contributed by atoms with Gasteiger partial charge in [-0.15, -0.1) is 0 Å². The van der Waals surface area contributed by atoms with E-state index in [4.69, 9.17) is 9.72 Å². The van der Waals surface area contributed by atoms with Gasteiger partial charge in [0.1, 0.15) is 5.82 Å². The van der Waals surface area contributed by atoms with Gasteiger partial charge in [0, 0.05) is 31.1 Å². The Labute approximate surface area is 126 Å². The molecule has 0 bridgehead atoms. The summed E-state index contributed by atoms with van der Waals surface area (Å²) in [6.07, 6.45) is 0. The predicted octanol–water partition coefficient (Wildman–Crippen LogP) is 2.84. The number of hydrogen-bond acceptors (Lipinski definition) is 4. The number of aliphatic hydroxyl groups excluding tert-OH is 1. The van der Waals surface area contributed by atoms with Crippen molar-refractivity contribution < 1.29 is 9.84 Å².